The first-order valence-electron chi connectivity index (χ1n) is 7.98. The van der Waals surface area contributed by atoms with E-state index in [1.165, 1.54) is 12.1 Å². The molecule has 1 aromatic carbocycles. The molecule has 3 atom stereocenters. The Balaban J connectivity index is 0.00000288. The molecule has 0 saturated heterocycles. The molecule has 7 heteroatoms. The van der Waals surface area contributed by atoms with Crippen molar-refractivity contribution >= 4 is 18.3 Å². The monoisotopic (exact) mass is 364 g/mol. The van der Waals surface area contributed by atoms with Crippen molar-refractivity contribution in [3.05, 3.63) is 35.4 Å². The number of alkyl halides is 3. The molecule has 136 valence electrons. The molecule has 0 aliphatic heterocycles. The van der Waals surface area contributed by atoms with E-state index in [1.54, 1.807) is 0 Å². The molecule has 3 N–H and O–H groups in total. The highest BCUT2D eigenvalue weighted by molar-refractivity contribution is 5.85. The Morgan fingerprint density at radius 1 is 1.29 bits per heavy atom. The Labute approximate surface area is 146 Å². The van der Waals surface area contributed by atoms with Crippen LogP contribution >= 0.6 is 12.4 Å². The average molecular weight is 365 g/mol. The van der Waals surface area contributed by atoms with Crippen molar-refractivity contribution in [3.8, 4) is 0 Å². The summed E-state index contributed by atoms with van der Waals surface area (Å²) in [4.78, 5) is 12.2. The van der Waals surface area contributed by atoms with Crippen LogP contribution in [0.4, 0.5) is 13.2 Å². The van der Waals surface area contributed by atoms with Gasteiger partial charge in [0.2, 0.25) is 5.91 Å². The summed E-state index contributed by atoms with van der Waals surface area (Å²) < 4.78 is 37.6. The zero-order chi connectivity index (χ0) is 17.0. The van der Waals surface area contributed by atoms with Gasteiger partial charge in [0, 0.05) is 18.0 Å². The second-order valence-electron chi connectivity index (χ2n) is 6.43. The van der Waals surface area contributed by atoms with Crippen LogP contribution in [0.5, 0.6) is 0 Å². The fourth-order valence-corrected chi connectivity index (χ4v) is 3.06. The average Bonchev–Trinajstić information content (AvgIpc) is 2.46. The molecule has 3 nitrogen and oxygen atoms in total. The maximum absolute atomic E-state index is 12.5. The van der Waals surface area contributed by atoms with Gasteiger partial charge in [-0.3, -0.25) is 4.79 Å². The van der Waals surface area contributed by atoms with Gasteiger partial charge in [0.15, 0.2) is 0 Å². The van der Waals surface area contributed by atoms with E-state index in [2.05, 4.69) is 5.32 Å². The van der Waals surface area contributed by atoms with Crippen molar-refractivity contribution in [1.82, 2.24) is 5.32 Å². The second-order valence-corrected chi connectivity index (χ2v) is 6.43. The van der Waals surface area contributed by atoms with Crippen molar-refractivity contribution in [3.63, 3.8) is 0 Å². The summed E-state index contributed by atoms with van der Waals surface area (Å²) in [7, 11) is 0. The van der Waals surface area contributed by atoms with E-state index in [0.717, 1.165) is 37.0 Å². The van der Waals surface area contributed by atoms with Gasteiger partial charge < -0.3 is 11.1 Å². The van der Waals surface area contributed by atoms with Crippen LogP contribution in [0.1, 0.15) is 43.7 Å². The van der Waals surface area contributed by atoms with Gasteiger partial charge >= 0.3 is 6.18 Å². The van der Waals surface area contributed by atoms with Crippen LogP contribution in [0.2, 0.25) is 0 Å². The van der Waals surface area contributed by atoms with Gasteiger partial charge in [-0.25, -0.2) is 0 Å². The van der Waals surface area contributed by atoms with Crippen LogP contribution in [0.15, 0.2) is 24.3 Å². The highest BCUT2D eigenvalue weighted by Crippen LogP contribution is 2.29. The molecule has 24 heavy (non-hydrogen) atoms. The van der Waals surface area contributed by atoms with E-state index in [0.29, 0.717) is 12.8 Å². The maximum Gasteiger partial charge on any atom is 0.416 e. The van der Waals surface area contributed by atoms with Gasteiger partial charge in [-0.05, 0) is 50.3 Å². The summed E-state index contributed by atoms with van der Waals surface area (Å²) in [6, 6.07) is 5.03. The fraction of sp³-hybridized carbons (Fsp3) is 0.588. The maximum atomic E-state index is 12.5. The lowest BCUT2D eigenvalue weighted by atomic mass is 9.85. The molecule has 0 spiro atoms. The Morgan fingerprint density at radius 3 is 2.46 bits per heavy atom. The number of hydrogen-bond donors (Lipinski definition) is 2. The first-order chi connectivity index (χ1) is 10.8. The van der Waals surface area contributed by atoms with Gasteiger partial charge in [-0.1, -0.05) is 18.6 Å². The molecule has 3 unspecified atom stereocenters. The molecule has 0 heterocycles. The Morgan fingerprint density at radius 2 is 1.92 bits per heavy atom. The lowest BCUT2D eigenvalue weighted by molar-refractivity contribution is -0.137. The lowest BCUT2D eigenvalue weighted by Crippen LogP contribution is -2.42. The van der Waals surface area contributed by atoms with E-state index < -0.39 is 11.7 Å². The number of nitrogens with two attached hydrogens (primary N) is 1. The minimum atomic E-state index is -4.32. The van der Waals surface area contributed by atoms with Crippen LogP contribution in [-0.4, -0.2) is 18.0 Å². The van der Waals surface area contributed by atoms with Gasteiger partial charge in [0.25, 0.3) is 0 Å². The molecule has 1 fully saturated rings. The molecule has 1 aliphatic rings. The molecule has 1 aliphatic carbocycles. The van der Waals surface area contributed by atoms with Crippen LogP contribution in [0, 0.1) is 5.92 Å². The molecular formula is C17H24ClF3N2O. The van der Waals surface area contributed by atoms with E-state index >= 15 is 0 Å². The predicted octanol–water partition coefficient (Wildman–Crippen LogP) is 3.69. The summed E-state index contributed by atoms with van der Waals surface area (Å²) in [6.07, 6.45) is -0.330. The molecular weight excluding hydrogens is 341 g/mol. The van der Waals surface area contributed by atoms with Crippen molar-refractivity contribution in [2.45, 2.75) is 57.3 Å². The van der Waals surface area contributed by atoms with E-state index in [1.807, 2.05) is 6.92 Å². The minimum Gasteiger partial charge on any atom is -0.353 e. The standard InChI is InChI=1S/C17H23F3N2O.ClH/c1-11(22-16(23)13-3-2-4-15(21)10-13)9-12-5-7-14(8-6-12)17(18,19)20;/h5-8,11,13,15H,2-4,9-10,21H2,1H3,(H,22,23);1H. The summed E-state index contributed by atoms with van der Waals surface area (Å²) >= 11 is 0. The van der Waals surface area contributed by atoms with E-state index in [4.69, 9.17) is 5.73 Å². The highest BCUT2D eigenvalue weighted by atomic mass is 35.5. The quantitative estimate of drug-likeness (QED) is 0.856. The summed E-state index contributed by atoms with van der Waals surface area (Å²) in [5.74, 6) is -0.0478. The summed E-state index contributed by atoms with van der Waals surface area (Å²) in [5.41, 5.74) is 6.01. The Bertz CT molecular complexity index is 534. The second kappa shape index (κ2) is 8.72. The van der Waals surface area contributed by atoms with Crippen LogP contribution in [0.3, 0.4) is 0 Å². The molecule has 1 amide bonds. The van der Waals surface area contributed by atoms with Crippen molar-refractivity contribution in [1.29, 1.82) is 0 Å². The number of halogens is 4. The predicted molar refractivity (Wildman–Crippen MR) is 89.9 cm³/mol. The number of hydrogen-bond acceptors (Lipinski definition) is 2. The molecule has 0 radical (unpaired) electrons. The summed E-state index contributed by atoms with van der Waals surface area (Å²) in [5, 5.41) is 2.95. The number of carbonyl (C=O) groups is 1. The lowest BCUT2D eigenvalue weighted by Gasteiger charge is -2.27. The van der Waals surface area contributed by atoms with Gasteiger partial charge in [0.1, 0.15) is 0 Å². The number of amides is 1. The zero-order valence-electron chi connectivity index (χ0n) is 13.6. The third kappa shape index (κ3) is 5.98. The van der Waals surface area contributed by atoms with Crippen molar-refractivity contribution < 1.29 is 18.0 Å². The molecule has 2 rings (SSSR count). The topological polar surface area (TPSA) is 55.1 Å². The van der Waals surface area contributed by atoms with Gasteiger partial charge in [0.05, 0.1) is 5.56 Å². The zero-order valence-corrected chi connectivity index (χ0v) is 14.4. The highest BCUT2D eigenvalue weighted by Gasteiger charge is 2.30. The molecule has 0 aromatic heterocycles. The van der Waals surface area contributed by atoms with Crippen LogP contribution < -0.4 is 11.1 Å². The molecule has 1 aromatic rings. The third-order valence-electron chi connectivity index (χ3n) is 4.30. The Kier molecular flexibility index (Phi) is 7.55. The first kappa shape index (κ1) is 20.8. The minimum absolute atomic E-state index is 0. The van der Waals surface area contributed by atoms with Gasteiger partial charge in [-0.15, -0.1) is 12.4 Å². The Hall–Kier alpha value is -1.27. The van der Waals surface area contributed by atoms with E-state index in [-0.39, 0.29) is 36.3 Å². The SMILES string of the molecule is CC(Cc1ccc(C(F)(F)F)cc1)NC(=O)C1CCCC(N)C1.Cl. The van der Waals surface area contributed by atoms with E-state index in [9.17, 15) is 18.0 Å². The normalized spacial score (nSPS) is 22.4. The number of nitrogens with one attached hydrogen (secondary N) is 1. The number of benzene rings is 1. The molecule has 0 bridgehead atoms. The third-order valence-corrected chi connectivity index (χ3v) is 4.30. The smallest absolute Gasteiger partial charge is 0.353 e. The van der Waals surface area contributed by atoms with Crippen molar-refractivity contribution in [2.24, 2.45) is 11.7 Å². The number of rotatable bonds is 4. The molecule has 1 saturated carbocycles. The summed E-state index contributed by atoms with van der Waals surface area (Å²) in [6.45, 7) is 1.86. The number of carbonyl (C=O) groups excluding carboxylic acids is 1. The van der Waals surface area contributed by atoms with Crippen LogP contribution in [0.25, 0.3) is 0 Å². The van der Waals surface area contributed by atoms with Crippen LogP contribution in [-0.2, 0) is 17.4 Å². The van der Waals surface area contributed by atoms with Crippen molar-refractivity contribution in [2.75, 3.05) is 0 Å². The van der Waals surface area contributed by atoms with Gasteiger partial charge in [-0.2, -0.15) is 13.2 Å². The fourth-order valence-electron chi connectivity index (χ4n) is 3.06. The first-order valence-corrected chi connectivity index (χ1v) is 7.98. The largest absolute Gasteiger partial charge is 0.416 e.